The van der Waals surface area contributed by atoms with E-state index in [9.17, 15) is 4.79 Å². The van der Waals surface area contributed by atoms with Crippen molar-refractivity contribution in [3.8, 4) is 17.2 Å². The van der Waals surface area contributed by atoms with Crippen LogP contribution in [0.1, 0.15) is 25.0 Å². The lowest BCUT2D eigenvalue weighted by Crippen LogP contribution is -2.20. The second kappa shape index (κ2) is 10.1. The summed E-state index contributed by atoms with van der Waals surface area (Å²) in [7, 11) is 1.61. The van der Waals surface area contributed by atoms with Gasteiger partial charge in [-0.25, -0.2) is 0 Å². The van der Waals surface area contributed by atoms with E-state index in [-0.39, 0.29) is 5.91 Å². The molecule has 0 atom stereocenters. The monoisotopic (exact) mass is 355 g/mol. The number of hydrogen-bond acceptors (Lipinski definition) is 4. The molecule has 0 saturated carbocycles. The zero-order valence-electron chi connectivity index (χ0n) is 15.5. The Morgan fingerprint density at radius 2 is 1.73 bits per heavy atom. The minimum absolute atomic E-state index is 0.178. The highest BCUT2D eigenvalue weighted by atomic mass is 16.5. The SMILES string of the molecule is CCOc1ccc(CNC(=O)/C=C/c2ccccc2OC)cc1OCC. The first-order valence-electron chi connectivity index (χ1n) is 8.65. The van der Waals surface area contributed by atoms with Crippen molar-refractivity contribution in [2.75, 3.05) is 20.3 Å². The summed E-state index contributed by atoms with van der Waals surface area (Å²) < 4.78 is 16.4. The van der Waals surface area contributed by atoms with E-state index in [4.69, 9.17) is 14.2 Å². The minimum atomic E-state index is -0.178. The van der Waals surface area contributed by atoms with Gasteiger partial charge in [-0.1, -0.05) is 24.3 Å². The van der Waals surface area contributed by atoms with Gasteiger partial charge in [0.2, 0.25) is 5.91 Å². The van der Waals surface area contributed by atoms with E-state index in [2.05, 4.69) is 5.32 Å². The number of ether oxygens (including phenoxy) is 3. The maximum absolute atomic E-state index is 12.1. The molecule has 0 aromatic heterocycles. The summed E-state index contributed by atoms with van der Waals surface area (Å²) in [5.74, 6) is 1.94. The number of nitrogens with one attached hydrogen (secondary N) is 1. The van der Waals surface area contributed by atoms with Gasteiger partial charge in [0.25, 0.3) is 0 Å². The third-order valence-corrected chi connectivity index (χ3v) is 3.63. The molecule has 0 aliphatic carbocycles. The molecule has 0 saturated heterocycles. The average Bonchev–Trinajstić information content (AvgIpc) is 2.67. The molecule has 0 fully saturated rings. The second-order valence-corrected chi connectivity index (χ2v) is 5.44. The van der Waals surface area contributed by atoms with Gasteiger partial charge in [0.15, 0.2) is 11.5 Å². The number of benzene rings is 2. The first-order chi connectivity index (χ1) is 12.7. The van der Waals surface area contributed by atoms with Crippen LogP contribution in [-0.4, -0.2) is 26.2 Å². The van der Waals surface area contributed by atoms with E-state index in [0.717, 1.165) is 16.9 Å². The highest BCUT2D eigenvalue weighted by Gasteiger charge is 2.07. The molecule has 0 radical (unpaired) electrons. The molecule has 5 heteroatoms. The van der Waals surface area contributed by atoms with Crippen molar-refractivity contribution in [3.05, 3.63) is 59.7 Å². The number of carbonyl (C=O) groups excluding carboxylic acids is 1. The minimum Gasteiger partial charge on any atom is -0.496 e. The number of hydrogen-bond donors (Lipinski definition) is 1. The lowest BCUT2D eigenvalue weighted by Gasteiger charge is -2.12. The van der Waals surface area contributed by atoms with E-state index >= 15 is 0 Å². The van der Waals surface area contributed by atoms with Crippen molar-refractivity contribution >= 4 is 12.0 Å². The highest BCUT2D eigenvalue weighted by Crippen LogP contribution is 2.28. The standard InChI is InChI=1S/C21H25NO4/c1-4-25-19-12-10-16(14-20(19)26-5-2)15-22-21(23)13-11-17-8-6-7-9-18(17)24-3/h6-14H,4-5,15H2,1-3H3,(H,22,23)/b13-11+. The van der Waals surface area contributed by atoms with Crippen LogP contribution >= 0.6 is 0 Å². The van der Waals surface area contributed by atoms with Gasteiger partial charge in [0.05, 0.1) is 20.3 Å². The fourth-order valence-corrected chi connectivity index (χ4v) is 2.42. The Labute approximate surface area is 154 Å². The van der Waals surface area contributed by atoms with Crippen molar-refractivity contribution in [2.24, 2.45) is 0 Å². The summed E-state index contributed by atoms with van der Waals surface area (Å²) in [6.45, 7) is 5.38. The predicted octanol–water partition coefficient (Wildman–Crippen LogP) is 3.82. The molecule has 0 bridgehead atoms. The topological polar surface area (TPSA) is 56.8 Å². The molecular formula is C21H25NO4. The first-order valence-corrected chi connectivity index (χ1v) is 8.65. The van der Waals surface area contributed by atoms with Crippen molar-refractivity contribution in [2.45, 2.75) is 20.4 Å². The Morgan fingerprint density at radius 3 is 2.46 bits per heavy atom. The molecule has 26 heavy (non-hydrogen) atoms. The average molecular weight is 355 g/mol. The van der Waals surface area contributed by atoms with Crippen LogP contribution < -0.4 is 19.5 Å². The van der Waals surface area contributed by atoms with Crippen molar-refractivity contribution in [1.29, 1.82) is 0 Å². The maximum atomic E-state index is 12.1. The molecule has 0 unspecified atom stereocenters. The number of para-hydroxylation sites is 1. The van der Waals surface area contributed by atoms with E-state index in [1.165, 1.54) is 6.08 Å². The molecule has 0 aliphatic heterocycles. The van der Waals surface area contributed by atoms with Crippen molar-refractivity contribution < 1.29 is 19.0 Å². The lowest BCUT2D eigenvalue weighted by molar-refractivity contribution is -0.116. The highest BCUT2D eigenvalue weighted by molar-refractivity contribution is 5.92. The lowest BCUT2D eigenvalue weighted by atomic mass is 10.2. The zero-order chi connectivity index (χ0) is 18.8. The van der Waals surface area contributed by atoms with Gasteiger partial charge >= 0.3 is 0 Å². The fraction of sp³-hybridized carbons (Fsp3) is 0.286. The molecule has 138 valence electrons. The van der Waals surface area contributed by atoms with Crippen LogP contribution in [0.15, 0.2) is 48.5 Å². The molecule has 5 nitrogen and oxygen atoms in total. The van der Waals surface area contributed by atoms with Crippen LogP contribution in [0, 0.1) is 0 Å². The quantitative estimate of drug-likeness (QED) is 0.695. The number of rotatable bonds is 9. The van der Waals surface area contributed by atoms with Gasteiger partial charge in [-0.3, -0.25) is 4.79 Å². The first kappa shape index (κ1) is 19.4. The molecule has 1 amide bonds. The van der Waals surface area contributed by atoms with Crippen LogP contribution in [0.25, 0.3) is 6.08 Å². The van der Waals surface area contributed by atoms with Crippen molar-refractivity contribution in [3.63, 3.8) is 0 Å². The van der Waals surface area contributed by atoms with Gasteiger partial charge in [0.1, 0.15) is 5.75 Å². The third-order valence-electron chi connectivity index (χ3n) is 3.63. The molecule has 0 aliphatic rings. The number of methoxy groups -OCH3 is 1. The molecule has 2 aromatic rings. The summed E-state index contributed by atoms with van der Waals surface area (Å²) in [6, 6.07) is 13.2. The molecule has 0 heterocycles. The van der Waals surface area contributed by atoms with Crippen LogP contribution in [0.2, 0.25) is 0 Å². The summed E-state index contributed by atoms with van der Waals surface area (Å²) in [6.07, 6.45) is 3.23. The molecule has 2 rings (SSSR count). The van der Waals surface area contributed by atoms with E-state index in [1.807, 2.05) is 56.3 Å². The summed E-state index contributed by atoms with van der Waals surface area (Å²) in [5.41, 5.74) is 1.79. The summed E-state index contributed by atoms with van der Waals surface area (Å²) in [4.78, 5) is 12.1. The van der Waals surface area contributed by atoms with Gasteiger partial charge in [-0.15, -0.1) is 0 Å². The number of amides is 1. The van der Waals surface area contributed by atoms with E-state index in [1.54, 1.807) is 13.2 Å². The van der Waals surface area contributed by atoms with Crippen LogP contribution in [0.4, 0.5) is 0 Å². The van der Waals surface area contributed by atoms with E-state index < -0.39 is 0 Å². The Kier molecular flexibility index (Phi) is 7.55. The van der Waals surface area contributed by atoms with Crippen molar-refractivity contribution in [1.82, 2.24) is 5.32 Å². The third kappa shape index (κ3) is 5.55. The molecule has 1 N–H and O–H groups in total. The molecular weight excluding hydrogens is 330 g/mol. The fourth-order valence-electron chi connectivity index (χ4n) is 2.42. The van der Waals surface area contributed by atoms with Crippen LogP contribution in [-0.2, 0) is 11.3 Å². The summed E-state index contributed by atoms with van der Waals surface area (Å²) in [5, 5.41) is 2.86. The normalized spacial score (nSPS) is 10.6. The second-order valence-electron chi connectivity index (χ2n) is 5.44. The van der Waals surface area contributed by atoms with Crippen LogP contribution in [0.5, 0.6) is 17.2 Å². The van der Waals surface area contributed by atoms with Gasteiger partial charge in [-0.2, -0.15) is 0 Å². The maximum Gasteiger partial charge on any atom is 0.244 e. The van der Waals surface area contributed by atoms with Gasteiger partial charge < -0.3 is 19.5 Å². The Balaban J connectivity index is 1.98. The molecule has 0 spiro atoms. The van der Waals surface area contributed by atoms with Gasteiger partial charge in [0, 0.05) is 18.2 Å². The predicted molar refractivity (Wildman–Crippen MR) is 103 cm³/mol. The van der Waals surface area contributed by atoms with E-state index in [0.29, 0.717) is 31.3 Å². The smallest absolute Gasteiger partial charge is 0.244 e. The summed E-state index contributed by atoms with van der Waals surface area (Å²) >= 11 is 0. The van der Waals surface area contributed by atoms with Crippen LogP contribution in [0.3, 0.4) is 0 Å². The molecule has 2 aromatic carbocycles. The Bertz CT molecular complexity index is 755. The number of carbonyl (C=O) groups is 1. The van der Waals surface area contributed by atoms with Gasteiger partial charge in [-0.05, 0) is 43.7 Å². The zero-order valence-corrected chi connectivity index (χ0v) is 15.5. The Hall–Kier alpha value is -2.95. The Morgan fingerprint density at radius 1 is 1.00 bits per heavy atom. The largest absolute Gasteiger partial charge is 0.496 e.